The molecule has 16 heavy (non-hydrogen) atoms. The zero-order valence-corrected chi connectivity index (χ0v) is 10.4. The molecule has 0 fully saturated rings. The lowest BCUT2D eigenvalue weighted by Gasteiger charge is -2.19. The van der Waals surface area contributed by atoms with E-state index in [2.05, 4.69) is 10.6 Å². The Morgan fingerprint density at radius 2 is 2.06 bits per heavy atom. The summed E-state index contributed by atoms with van der Waals surface area (Å²) in [6, 6.07) is 3.84. The minimum Gasteiger partial charge on any atom is -0.382 e. The van der Waals surface area contributed by atoms with Gasteiger partial charge in [0, 0.05) is 6.54 Å². The number of benzene rings is 1. The molecule has 0 aliphatic carbocycles. The first-order valence-electron chi connectivity index (χ1n) is 5.25. The van der Waals surface area contributed by atoms with Gasteiger partial charge in [-0.25, -0.2) is 0 Å². The SMILES string of the molecule is Cc1cc(Cl)c2c(c1)NCC(C)(C)C(=O)N2. The number of aryl methyl sites for hydroxylation is 1. The van der Waals surface area contributed by atoms with Crippen LogP contribution in [0.25, 0.3) is 0 Å². The maximum absolute atomic E-state index is 11.9. The maximum Gasteiger partial charge on any atom is 0.231 e. The van der Waals surface area contributed by atoms with Crippen LogP contribution in [0.2, 0.25) is 5.02 Å². The van der Waals surface area contributed by atoms with Crippen LogP contribution in [0.5, 0.6) is 0 Å². The summed E-state index contributed by atoms with van der Waals surface area (Å²) in [7, 11) is 0. The summed E-state index contributed by atoms with van der Waals surface area (Å²) in [6.45, 7) is 6.39. The molecule has 3 nitrogen and oxygen atoms in total. The normalized spacial score (nSPS) is 18.1. The summed E-state index contributed by atoms with van der Waals surface area (Å²) in [5.41, 5.74) is 2.22. The molecule has 2 rings (SSSR count). The van der Waals surface area contributed by atoms with Gasteiger partial charge in [0.2, 0.25) is 5.91 Å². The Morgan fingerprint density at radius 3 is 2.75 bits per heavy atom. The molecule has 0 atom stereocenters. The topological polar surface area (TPSA) is 41.1 Å². The Labute approximate surface area is 100 Å². The number of carbonyl (C=O) groups is 1. The summed E-state index contributed by atoms with van der Waals surface area (Å²) in [5, 5.41) is 6.71. The third kappa shape index (κ3) is 1.87. The van der Waals surface area contributed by atoms with Crippen LogP contribution >= 0.6 is 11.6 Å². The molecule has 1 aliphatic heterocycles. The Kier molecular flexibility index (Phi) is 2.58. The molecule has 1 heterocycles. The predicted octanol–water partition coefficient (Wildman–Crippen LogP) is 3.04. The minimum atomic E-state index is -0.434. The van der Waals surface area contributed by atoms with E-state index in [-0.39, 0.29) is 5.91 Å². The van der Waals surface area contributed by atoms with Crippen molar-refractivity contribution in [1.82, 2.24) is 0 Å². The van der Waals surface area contributed by atoms with Crippen molar-refractivity contribution in [3.8, 4) is 0 Å². The molecule has 1 aromatic rings. The monoisotopic (exact) mass is 238 g/mol. The zero-order valence-electron chi connectivity index (χ0n) is 9.65. The van der Waals surface area contributed by atoms with Crippen LogP contribution in [-0.4, -0.2) is 12.5 Å². The van der Waals surface area contributed by atoms with E-state index in [0.29, 0.717) is 17.3 Å². The average Bonchev–Trinajstić information content (AvgIpc) is 2.28. The van der Waals surface area contributed by atoms with Crippen molar-refractivity contribution < 1.29 is 4.79 Å². The van der Waals surface area contributed by atoms with Crippen LogP contribution in [-0.2, 0) is 4.79 Å². The van der Waals surface area contributed by atoms with E-state index in [0.717, 1.165) is 11.3 Å². The lowest BCUT2D eigenvalue weighted by atomic mass is 9.93. The van der Waals surface area contributed by atoms with Gasteiger partial charge in [0.25, 0.3) is 0 Å². The smallest absolute Gasteiger partial charge is 0.231 e. The molecule has 1 amide bonds. The number of hydrogen-bond acceptors (Lipinski definition) is 2. The van der Waals surface area contributed by atoms with Crippen molar-refractivity contribution in [2.75, 3.05) is 17.2 Å². The molecule has 4 heteroatoms. The fourth-order valence-corrected chi connectivity index (χ4v) is 2.01. The number of halogens is 1. The van der Waals surface area contributed by atoms with E-state index < -0.39 is 5.41 Å². The summed E-state index contributed by atoms with van der Waals surface area (Å²) < 4.78 is 0. The number of fused-ring (bicyclic) bond motifs is 1. The van der Waals surface area contributed by atoms with Gasteiger partial charge in [-0.15, -0.1) is 0 Å². The molecule has 0 unspecified atom stereocenters. The Bertz CT molecular complexity index is 455. The fraction of sp³-hybridized carbons (Fsp3) is 0.417. The van der Waals surface area contributed by atoms with Crippen molar-refractivity contribution in [3.63, 3.8) is 0 Å². The molecule has 1 aliphatic rings. The van der Waals surface area contributed by atoms with Crippen molar-refractivity contribution in [2.45, 2.75) is 20.8 Å². The number of carbonyl (C=O) groups excluding carboxylic acids is 1. The van der Waals surface area contributed by atoms with Gasteiger partial charge in [0.1, 0.15) is 0 Å². The quantitative estimate of drug-likeness (QED) is 0.730. The molecule has 0 saturated carbocycles. The van der Waals surface area contributed by atoms with Crippen LogP contribution in [0.15, 0.2) is 12.1 Å². The summed E-state index contributed by atoms with van der Waals surface area (Å²) >= 11 is 6.12. The molecule has 86 valence electrons. The predicted molar refractivity (Wildman–Crippen MR) is 67.1 cm³/mol. The number of amides is 1. The molecule has 0 spiro atoms. The average molecular weight is 239 g/mol. The molecule has 0 radical (unpaired) electrons. The highest BCUT2D eigenvalue weighted by Gasteiger charge is 2.31. The van der Waals surface area contributed by atoms with Gasteiger partial charge in [-0.05, 0) is 38.5 Å². The van der Waals surface area contributed by atoms with Crippen LogP contribution < -0.4 is 10.6 Å². The Hall–Kier alpha value is -1.22. The largest absolute Gasteiger partial charge is 0.382 e. The van der Waals surface area contributed by atoms with E-state index in [4.69, 9.17) is 11.6 Å². The van der Waals surface area contributed by atoms with Gasteiger partial charge < -0.3 is 10.6 Å². The lowest BCUT2D eigenvalue weighted by molar-refractivity contribution is -0.123. The number of rotatable bonds is 0. The van der Waals surface area contributed by atoms with Gasteiger partial charge in [-0.1, -0.05) is 11.6 Å². The second kappa shape index (κ2) is 3.67. The van der Waals surface area contributed by atoms with E-state index in [1.165, 1.54) is 0 Å². The van der Waals surface area contributed by atoms with Crippen LogP contribution in [0.1, 0.15) is 19.4 Å². The lowest BCUT2D eigenvalue weighted by Crippen LogP contribution is -2.34. The first-order chi connectivity index (χ1) is 7.40. The van der Waals surface area contributed by atoms with Crippen molar-refractivity contribution in [3.05, 3.63) is 22.7 Å². The second-order valence-electron chi connectivity index (χ2n) is 4.86. The standard InChI is InChI=1S/C12H15ClN2O/c1-7-4-8(13)10-9(5-7)14-6-12(2,3)11(16)15-10/h4-5,14H,6H2,1-3H3,(H,15,16). The summed E-state index contributed by atoms with van der Waals surface area (Å²) in [6.07, 6.45) is 0. The number of hydrogen-bond donors (Lipinski definition) is 2. The molecular formula is C12H15ClN2O. The van der Waals surface area contributed by atoms with E-state index in [1.54, 1.807) is 0 Å². The van der Waals surface area contributed by atoms with Gasteiger partial charge in [0.05, 0.1) is 21.8 Å². The molecular weight excluding hydrogens is 224 g/mol. The maximum atomic E-state index is 11.9. The fourth-order valence-electron chi connectivity index (χ4n) is 1.69. The first-order valence-corrected chi connectivity index (χ1v) is 5.63. The summed E-state index contributed by atoms with van der Waals surface area (Å²) in [4.78, 5) is 11.9. The van der Waals surface area contributed by atoms with Gasteiger partial charge >= 0.3 is 0 Å². The van der Waals surface area contributed by atoms with Crippen molar-refractivity contribution in [2.24, 2.45) is 5.41 Å². The Morgan fingerprint density at radius 1 is 1.38 bits per heavy atom. The third-order valence-corrected chi connectivity index (χ3v) is 3.11. The first kappa shape index (κ1) is 11.3. The highest BCUT2D eigenvalue weighted by atomic mass is 35.5. The Balaban J connectivity index is 2.49. The van der Waals surface area contributed by atoms with E-state index >= 15 is 0 Å². The molecule has 1 aromatic carbocycles. The number of nitrogens with one attached hydrogen (secondary N) is 2. The highest BCUT2D eigenvalue weighted by molar-refractivity contribution is 6.34. The molecule has 2 N–H and O–H groups in total. The van der Waals surface area contributed by atoms with Crippen LogP contribution in [0.3, 0.4) is 0 Å². The van der Waals surface area contributed by atoms with Crippen LogP contribution in [0.4, 0.5) is 11.4 Å². The second-order valence-corrected chi connectivity index (χ2v) is 5.27. The van der Waals surface area contributed by atoms with Crippen LogP contribution in [0, 0.1) is 12.3 Å². The zero-order chi connectivity index (χ0) is 11.9. The molecule has 0 saturated heterocycles. The van der Waals surface area contributed by atoms with Crippen molar-refractivity contribution in [1.29, 1.82) is 0 Å². The third-order valence-electron chi connectivity index (χ3n) is 2.81. The van der Waals surface area contributed by atoms with Gasteiger partial charge in [0.15, 0.2) is 0 Å². The summed E-state index contributed by atoms with van der Waals surface area (Å²) in [5.74, 6) is -0.00972. The number of anilines is 2. The van der Waals surface area contributed by atoms with Gasteiger partial charge in [-0.3, -0.25) is 4.79 Å². The highest BCUT2D eigenvalue weighted by Crippen LogP contribution is 2.36. The van der Waals surface area contributed by atoms with E-state index in [1.807, 2.05) is 32.9 Å². The van der Waals surface area contributed by atoms with Crippen molar-refractivity contribution >= 4 is 28.9 Å². The van der Waals surface area contributed by atoms with Gasteiger partial charge in [-0.2, -0.15) is 0 Å². The molecule has 0 aromatic heterocycles. The minimum absolute atomic E-state index is 0.00972. The van der Waals surface area contributed by atoms with E-state index in [9.17, 15) is 4.79 Å². The molecule has 0 bridgehead atoms.